The second-order valence-corrected chi connectivity index (χ2v) is 8.06. The van der Waals surface area contributed by atoms with Crippen LogP contribution in [0, 0.1) is 5.82 Å². The van der Waals surface area contributed by atoms with Crippen LogP contribution in [-0.4, -0.2) is 41.5 Å². The summed E-state index contributed by atoms with van der Waals surface area (Å²) in [5.74, 6) is -0.669. The van der Waals surface area contributed by atoms with Crippen molar-refractivity contribution in [3.8, 4) is 0 Å². The number of nitrogens with zero attached hydrogens (tertiary/aromatic N) is 2. The van der Waals surface area contributed by atoms with Gasteiger partial charge in [0.2, 0.25) is 0 Å². The van der Waals surface area contributed by atoms with E-state index in [0.29, 0.717) is 46.7 Å². The van der Waals surface area contributed by atoms with Gasteiger partial charge in [-0.15, -0.1) is 0 Å². The fourth-order valence-corrected chi connectivity index (χ4v) is 3.84. The fraction of sp³-hybridized carbons (Fsp3) is 0.154. The first-order valence-corrected chi connectivity index (χ1v) is 11.1. The lowest BCUT2D eigenvalue weighted by atomic mass is 10.0. The normalized spacial score (nSPS) is 15.5. The van der Waals surface area contributed by atoms with Crippen molar-refractivity contribution in [1.29, 1.82) is 0 Å². The minimum Gasteiger partial charge on any atom is -0.369 e. The summed E-state index contributed by atoms with van der Waals surface area (Å²) in [5, 5.41) is 8.49. The molecule has 0 spiro atoms. The molecule has 0 bridgehead atoms. The summed E-state index contributed by atoms with van der Waals surface area (Å²) >= 11 is 0. The van der Waals surface area contributed by atoms with E-state index in [-0.39, 0.29) is 11.9 Å². The van der Waals surface area contributed by atoms with Gasteiger partial charge in [-0.1, -0.05) is 18.2 Å². The Kier molecular flexibility index (Phi) is 6.42. The van der Waals surface area contributed by atoms with Crippen molar-refractivity contribution in [2.45, 2.75) is 6.10 Å². The van der Waals surface area contributed by atoms with Gasteiger partial charge in [0, 0.05) is 35.6 Å². The van der Waals surface area contributed by atoms with E-state index in [2.05, 4.69) is 25.9 Å². The second kappa shape index (κ2) is 9.96. The number of ether oxygens (including phenoxy) is 1. The molecule has 1 unspecified atom stereocenters. The Morgan fingerprint density at radius 2 is 1.71 bits per heavy atom. The van der Waals surface area contributed by atoms with Gasteiger partial charge < -0.3 is 20.7 Å². The SMILES string of the molecule is O=C(Nc1cccc(F)c1)Nc1cccc(C(=O)c2ccc3nc(C4CNCCO4)cnc3c2)c1. The van der Waals surface area contributed by atoms with Gasteiger partial charge in [0.15, 0.2) is 5.78 Å². The topological polar surface area (TPSA) is 105 Å². The van der Waals surface area contributed by atoms with Crippen LogP contribution in [0.15, 0.2) is 72.9 Å². The van der Waals surface area contributed by atoms with Crippen LogP contribution < -0.4 is 16.0 Å². The first kappa shape index (κ1) is 22.6. The monoisotopic (exact) mass is 471 g/mol. The van der Waals surface area contributed by atoms with Crippen LogP contribution in [0.3, 0.4) is 0 Å². The molecule has 3 N–H and O–H groups in total. The Morgan fingerprint density at radius 1 is 0.943 bits per heavy atom. The second-order valence-electron chi connectivity index (χ2n) is 8.06. The number of urea groups is 1. The van der Waals surface area contributed by atoms with Crippen molar-refractivity contribution in [3.05, 3.63) is 95.6 Å². The third-order valence-corrected chi connectivity index (χ3v) is 5.55. The molecule has 1 saturated heterocycles. The summed E-state index contributed by atoms with van der Waals surface area (Å²) in [5.41, 5.74) is 3.64. The third kappa shape index (κ3) is 5.32. The van der Waals surface area contributed by atoms with Crippen LogP contribution in [-0.2, 0) is 4.74 Å². The van der Waals surface area contributed by atoms with Gasteiger partial charge in [-0.2, -0.15) is 0 Å². The molecule has 0 radical (unpaired) electrons. The maximum absolute atomic E-state index is 13.3. The number of halogens is 1. The molecule has 1 aliphatic heterocycles. The zero-order valence-corrected chi connectivity index (χ0v) is 18.6. The lowest BCUT2D eigenvalue weighted by Gasteiger charge is -2.22. The van der Waals surface area contributed by atoms with E-state index >= 15 is 0 Å². The standard InChI is InChI=1S/C26H22FN5O3/c27-18-4-2-6-20(13-18)31-26(34)30-19-5-1-3-16(11-19)25(33)17-7-8-21-22(12-17)29-14-23(32-21)24-15-28-9-10-35-24/h1-8,11-14,24,28H,9-10,15H2,(H2,30,31,34). The first-order chi connectivity index (χ1) is 17.0. The average molecular weight is 471 g/mol. The molecule has 2 heterocycles. The highest BCUT2D eigenvalue weighted by molar-refractivity contribution is 6.11. The van der Waals surface area contributed by atoms with Crippen LogP contribution in [0.1, 0.15) is 27.7 Å². The zero-order valence-electron chi connectivity index (χ0n) is 18.6. The maximum atomic E-state index is 13.3. The van der Waals surface area contributed by atoms with Gasteiger partial charge in [0.05, 0.1) is 29.5 Å². The number of carbonyl (C=O) groups excluding carboxylic acids is 2. The maximum Gasteiger partial charge on any atom is 0.323 e. The predicted molar refractivity (Wildman–Crippen MR) is 130 cm³/mol. The molecule has 1 fully saturated rings. The molecule has 9 heteroatoms. The molecule has 5 rings (SSSR count). The van der Waals surface area contributed by atoms with Crippen LogP contribution in [0.4, 0.5) is 20.6 Å². The lowest BCUT2D eigenvalue weighted by molar-refractivity contribution is 0.0250. The highest BCUT2D eigenvalue weighted by Gasteiger charge is 2.18. The molecule has 0 aliphatic carbocycles. The van der Waals surface area contributed by atoms with E-state index in [0.717, 1.165) is 12.2 Å². The van der Waals surface area contributed by atoms with E-state index in [9.17, 15) is 14.0 Å². The summed E-state index contributed by atoms with van der Waals surface area (Å²) in [4.78, 5) is 34.5. The Morgan fingerprint density at radius 3 is 2.49 bits per heavy atom. The number of fused-ring (bicyclic) bond motifs is 1. The molecule has 4 aromatic rings. The summed E-state index contributed by atoms with van der Waals surface area (Å²) in [6.45, 7) is 2.12. The molecule has 8 nitrogen and oxygen atoms in total. The number of anilines is 2. The van der Waals surface area contributed by atoms with Crippen LogP contribution in [0.25, 0.3) is 11.0 Å². The van der Waals surface area contributed by atoms with Gasteiger partial charge >= 0.3 is 6.03 Å². The molecule has 3 aromatic carbocycles. The zero-order chi connectivity index (χ0) is 24.2. The minimum absolute atomic E-state index is 0.143. The predicted octanol–water partition coefficient (Wildman–Crippen LogP) is 4.30. The number of benzene rings is 3. The number of hydrogen-bond acceptors (Lipinski definition) is 6. The molecule has 176 valence electrons. The smallest absolute Gasteiger partial charge is 0.323 e. The van der Waals surface area contributed by atoms with E-state index < -0.39 is 11.8 Å². The molecule has 1 atom stereocenters. The number of nitrogens with one attached hydrogen (secondary N) is 3. The molecule has 0 saturated carbocycles. The average Bonchev–Trinajstić information content (AvgIpc) is 2.88. The molecule has 35 heavy (non-hydrogen) atoms. The number of ketones is 1. The Hall–Kier alpha value is -4.21. The van der Waals surface area contributed by atoms with Crippen molar-refractivity contribution in [1.82, 2.24) is 15.3 Å². The fourth-order valence-electron chi connectivity index (χ4n) is 3.84. The highest BCUT2D eigenvalue weighted by Crippen LogP contribution is 2.21. The Bertz CT molecular complexity index is 1400. The largest absolute Gasteiger partial charge is 0.369 e. The summed E-state index contributed by atoms with van der Waals surface area (Å²) in [6, 6.07) is 16.8. The molecular weight excluding hydrogens is 449 g/mol. The summed E-state index contributed by atoms with van der Waals surface area (Å²) < 4.78 is 19.1. The summed E-state index contributed by atoms with van der Waals surface area (Å²) in [7, 11) is 0. The van der Waals surface area contributed by atoms with Crippen molar-refractivity contribution in [2.75, 3.05) is 30.3 Å². The van der Waals surface area contributed by atoms with E-state index in [1.54, 1.807) is 54.7 Å². The number of rotatable bonds is 5. The minimum atomic E-state index is -0.547. The highest BCUT2D eigenvalue weighted by atomic mass is 19.1. The number of hydrogen-bond donors (Lipinski definition) is 3. The molecule has 1 aliphatic rings. The molecular formula is C26H22FN5O3. The Labute approximate surface area is 200 Å². The lowest BCUT2D eigenvalue weighted by Crippen LogP contribution is -2.33. The van der Waals surface area contributed by atoms with Gasteiger partial charge in [0.25, 0.3) is 0 Å². The van der Waals surface area contributed by atoms with Gasteiger partial charge in [0.1, 0.15) is 11.9 Å². The third-order valence-electron chi connectivity index (χ3n) is 5.55. The van der Waals surface area contributed by atoms with Gasteiger partial charge in [-0.25, -0.2) is 14.2 Å². The Balaban J connectivity index is 1.30. The number of morpholine rings is 1. The summed E-state index contributed by atoms with van der Waals surface area (Å²) in [6.07, 6.45) is 1.53. The van der Waals surface area contributed by atoms with Crippen LogP contribution in [0.2, 0.25) is 0 Å². The van der Waals surface area contributed by atoms with E-state index in [1.807, 2.05) is 0 Å². The number of amides is 2. The van der Waals surface area contributed by atoms with Crippen LogP contribution >= 0.6 is 0 Å². The van der Waals surface area contributed by atoms with E-state index in [1.165, 1.54) is 18.2 Å². The van der Waals surface area contributed by atoms with Crippen molar-refractivity contribution in [2.24, 2.45) is 0 Å². The first-order valence-electron chi connectivity index (χ1n) is 11.1. The molecule has 2 amide bonds. The number of aromatic nitrogens is 2. The van der Waals surface area contributed by atoms with Crippen molar-refractivity contribution < 1.29 is 18.7 Å². The van der Waals surface area contributed by atoms with Gasteiger partial charge in [-0.3, -0.25) is 9.78 Å². The van der Waals surface area contributed by atoms with E-state index in [4.69, 9.17) is 4.74 Å². The quantitative estimate of drug-likeness (QED) is 0.375. The van der Waals surface area contributed by atoms with Crippen molar-refractivity contribution in [3.63, 3.8) is 0 Å². The van der Waals surface area contributed by atoms with Crippen molar-refractivity contribution >= 4 is 34.2 Å². The number of carbonyl (C=O) groups is 2. The van der Waals surface area contributed by atoms with Crippen LogP contribution in [0.5, 0.6) is 0 Å². The van der Waals surface area contributed by atoms with Gasteiger partial charge in [-0.05, 0) is 48.5 Å². The molecule has 1 aromatic heterocycles.